The predicted octanol–water partition coefficient (Wildman–Crippen LogP) is 2.68. The molecular weight excluding hydrogens is 451 g/mol. The molecule has 3 rings (SSSR count). The van der Waals surface area contributed by atoms with Gasteiger partial charge in [0.2, 0.25) is 10.0 Å². The SMILES string of the molecule is CC(OC(=O)c1ccc(F)cc1Cl)C(=O)Nc1ccc(S(=O)(=O)N2CCOCC2)cc1. The number of sulfonamides is 1. The van der Waals surface area contributed by atoms with Crippen LogP contribution in [0, 0.1) is 5.82 Å². The number of benzene rings is 2. The maximum atomic E-state index is 13.1. The lowest BCUT2D eigenvalue weighted by molar-refractivity contribution is -0.123. The summed E-state index contributed by atoms with van der Waals surface area (Å²) in [6.45, 7) is 2.60. The smallest absolute Gasteiger partial charge is 0.340 e. The van der Waals surface area contributed by atoms with Gasteiger partial charge in [-0.15, -0.1) is 0 Å². The molecule has 0 spiro atoms. The third-order valence-corrected chi connectivity index (χ3v) is 6.76. The first kappa shape index (κ1) is 23.1. The van der Waals surface area contributed by atoms with E-state index in [1.807, 2.05) is 0 Å². The van der Waals surface area contributed by atoms with Crippen LogP contribution in [0.2, 0.25) is 5.02 Å². The van der Waals surface area contributed by atoms with Gasteiger partial charge in [0, 0.05) is 18.8 Å². The normalized spacial score (nSPS) is 15.8. The molecule has 0 aliphatic carbocycles. The number of hydrogen-bond donors (Lipinski definition) is 1. The van der Waals surface area contributed by atoms with Gasteiger partial charge >= 0.3 is 5.97 Å². The maximum Gasteiger partial charge on any atom is 0.340 e. The fraction of sp³-hybridized carbons (Fsp3) is 0.300. The van der Waals surface area contributed by atoms with Crippen molar-refractivity contribution in [2.24, 2.45) is 0 Å². The molecule has 1 N–H and O–H groups in total. The van der Waals surface area contributed by atoms with Gasteiger partial charge in [0.1, 0.15) is 5.82 Å². The summed E-state index contributed by atoms with van der Waals surface area (Å²) in [4.78, 5) is 24.6. The fourth-order valence-corrected chi connectivity index (χ4v) is 4.48. The Morgan fingerprint density at radius 3 is 2.42 bits per heavy atom. The van der Waals surface area contributed by atoms with Gasteiger partial charge in [-0.25, -0.2) is 17.6 Å². The zero-order valence-electron chi connectivity index (χ0n) is 16.5. The Labute approximate surface area is 183 Å². The molecule has 1 amide bonds. The molecule has 8 nitrogen and oxygen atoms in total. The van der Waals surface area contributed by atoms with Gasteiger partial charge in [-0.05, 0) is 49.4 Å². The number of amides is 1. The highest BCUT2D eigenvalue weighted by Gasteiger charge is 2.26. The standard InChI is InChI=1S/C20H20ClFN2O6S/c1-13(30-20(26)17-7-2-14(22)12-18(17)21)19(25)23-15-3-5-16(6-4-15)31(27,28)24-8-10-29-11-9-24/h2-7,12-13H,8-11H2,1H3,(H,23,25). The van der Waals surface area contributed by atoms with Crippen LogP contribution < -0.4 is 5.32 Å². The molecule has 31 heavy (non-hydrogen) atoms. The van der Waals surface area contributed by atoms with Crippen molar-refractivity contribution < 1.29 is 31.9 Å². The molecule has 0 aromatic heterocycles. The van der Waals surface area contributed by atoms with Crippen LogP contribution in [0.4, 0.5) is 10.1 Å². The molecule has 2 aromatic carbocycles. The van der Waals surface area contributed by atoms with Crippen molar-refractivity contribution in [2.75, 3.05) is 31.6 Å². The largest absolute Gasteiger partial charge is 0.449 e. The number of nitrogens with one attached hydrogen (secondary N) is 1. The number of ether oxygens (including phenoxy) is 2. The summed E-state index contributed by atoms with van der Waals surface area (Å²) >= 11 is 5.82. The van der Waals surface area contributed by atoms with E-state index in [2.05, 4.69) is 5.32 Å². The van der Waals surface area contributed by atoms with Crippen LogP contribution in [0.5, 0.6) is 0 Å². The quantitative estimate of drug-likeness (QED) is 0.651. The van der Waals surface area contributed by atoms with Crippen molar-refractivity contribution in [1.82, 2.24) is 4.31 Å². The second-order valence-electron chi connectivity index (χ2n) is 6.70. The first-order valence-corrected chi connectivity index (χ1v) is 11.1. The van der Waals surface area contributed by atoms with E-state index in [4.69, 9.17) is 21.1 Å². The minimum atomic E-state index is -3.65. The Morgan fingerprint density at radius 1 is 1.16 bits per heavy atom. The zero-order valence-corrected chi connectivity index (χ0v) is 18.1. The zero-order chi connectivity index (χ0) is 22.6. The van der Waals surface area contributed by atoms with E-state index in [1.54, 1.807) is 0 Å². The monoisotopic (exact) mass is 470 g/mol. The molecule has 1 aliphatic rings. The Morgan fingerprint density at radius 2 is 1.81 bits per heavy atom. The lowest BCUT2D eigenvalue weighted by atomic mass is 10.2. The van der Waals surface area contributed by atoms with Crippen LogP contribution >= 0.6 is 11.6 Å². The summed E-state index contributed by atoms with van der Waals surface area (Å²) in [5.41, 5.74) is 0.258. The number of nitrogens with zero attached hydrogens (tertiary/aromatic N) is 1. The minimum absolute atomic E-state index is 0.0691. The van der Waals surface area contributed by atoms with E-state index in [0.717, 1.165) is 18.2 Å². The number of hydrogen-bond acceptors (Lipinski definition) is 6. The highest BCUT2D eigenvalue weighted by Crippen LogP contribution is 2.21. The maximum absolute atomic E-state index is 13.1. The summed E-state index contributed by atoms with van der Waals surface area (Å²) in [5, 5.41) is 2.41. The Hall–Kier alpha value is -2.53. The van der Waals surface area contributed by atoms with Gasteiger partial charge in [-0.3, -0.25) is 4.79 Å². The van der Waals surface area contributed by atoms with Crippen LogP contribution in [0.15, 0.2) is 47.4 Å². The van der Waals surface area contributed by atoms with Crippen molar-refractivity contribution in [3.8, 4) is 0 Å². The Bertz CT molecular complexity index is 1070. The Balaban J connectivity index is 1.61. The number of anilines is 1. The molecule has 2 aromatic rings. The van der Waals surface area contributed by atoms with Crippen LogP contribution in [0.25, 0.3) is 0 Å². The lowest BCUT2D eigenvalue weighted by Gasteiger charge is -2.26. The van der Waals surface area contributed by atoms with Gasteiger partial charge in [-0.2, -0.15) is 4.31 Å². The number of esters is 1. The van der Waals surface area contributed by atoms with E-state index in [1.165, 1.54) is 35.5 Å². The third kappa shape index (κ3) is 5.59. The van der Waals surface area contributed by atoms with E-state index in [0.29, 0.717) is 18.9 Å². The summed E-state index contributed by atoms with van der Waals surface area (Å²) in [7, 11) is -3.65. The molecule has 1 heterocycles. The van der Waals surface area contributed by atoms with Crippen LogP contribution in [0.1, 0.15) is 17.3 Å². The summed E-state index contributed by atoms with van der Waals surface area (Å²) in [5.74, 6) is -2.11. The molecule has 166 valence electrons. The average molecular weight is 471 g/mol. The average Bonchev–Trinajstić information content (AvgIpc) is 2.74. The predicted molar refractivity (Wildman–Crippen MR) is 111 cm³/mol. The molecule has 1 fully saturated rings. The molecule has 0 saturated carbocycles. The van der Waals surface area contributed by atoms with Crippen molar-refractivity contribution in [3.05, 3.63) is 58.9 Å². The number of morpholine rings is 1. The molecule has 1 saturated heterocycles. The van der Waals surface area contributed by atoms with E-state index >= 15 is 0 Å². The third-order valence-electron chi connectivity index (χ3n) is 4.53. The molecule has 1 atom stereocenters. The second kappa shape index (κ2) is 9.73. The van der Waals surface area contributed by atoms with Crippen LogP contribution in [0.3, 0.4) is 0 Å². The molecule has 1 unspecified atom stereocenters. The summed E-state index contributed by atoms with van der Waals surface area (Å²) in [6, 6.07) is 8.84. The van der Waals surface area contributed by atoms with Gasteiger partial charge in [-0.1, -0.05) is 11.6 Å². The first-order chi connectivity index (χ1) is 14.7. The highest BCUT2D eigenvalue weighted by atomic mass is 35.5. The molecule has 11 heteroatoms. The molecular formula is C20H20ClFN2O6S. The van der Waals surface area contributed by atoms with Crippen molar-refractivity contribution in [1.29, 1.82) is 0 Å². The number of carbonyl (C=O) groups excluding carboxylic acids is 2. The molecule has 0 radical (unpaired) electrons. The Kier molecular flexibility index (Phi) is 7.26. The van der Waals surface area contributed by atoms with Crippen molar-refractivity contribution in [2.45, 2.75) is 17.9 Å². The first-order valence-electron chi connectivity index (χ1n) is 9.33. The summed E-state index contributed by atoms with van der Waals surface area (Å²) < 4.78 is 49.9. The summed E-state index contributed by atoms with van der Waals surface area (Å²) in [6.07, 6.45) is -1.18. The van der Waals surface area contributed by atoms with E-state index < -0.39 is 33.8 Å². The lowest BCUT2D eigenvalue weighted by Crippen LogP contribution is -2.40. The van der Waals surface area contributed by atoms with E-state index in [-0.39, 0.29) is 28.6 Å². The van der Waals surface area contributed by atoms with Gasteiger partial charge in [0.15, 0.2) is 6.10 Å². The van der Waals surface area contributed by atoms with Crippen LogP contribution in [-0.4, -0.2) is 57.0 Å². The minimum Gasteiger partial charge on any atom is -0.449 e. The highest BCUT2D eigenvalue weighted by molar-refractivity contribution is 7.89. The second-order valence-corrected chi connectivity index (χ2v) is 9.05. The van der Waals surface area contributed by atoms with Crippen molar-refractivity contribution >= 4 is 39.2 Å². The molecule has 1 aliphatic heterocycles. The fourth-order valence-electron chi connectivity index (χ4n) is 2.82. The topological polar surface area (TPSA) is 102 Å². The molecule has 0 bridgehead atoms. The number of halogens is 2. The number of rotatable bonds is 6. The van der Waals surface area contributed by atoms with Gasteiger partial charge in [0.25, 0.3) is 5.91 Å². The van der Waals surface area contributed by atoms with Crippen molar-refractivity contribution in [3.63, 3.8) is 0 Å². The van der Waals surface area contributed by atoms with Gasteiger partial charge < -0.3 is 14.8 Å². The van der Waals surface area contributed by atoms with Crippen LogP contribution in [-0.2, 0) is 24.3 Å². The van der Waals surface area contributed by atoms with Gasteiger partial charge in [0.05, 0.1) is 28.7 Å². The van der Waals surface area contributed by atoms with E-state index in [9.17, 15) is 22.4 Å². The number of carbonyl (C=O) groups is 2.